The van der Waals surface area contributed by atoms with Crippen LogP contribution in [0.2, 0.25) is 0 Å². The van der Waals surface area contributed by atoms with Gasteiger partial charge in [-0.3, -0.25) is 0 Å². The van der Waals surface area contributed by atoms with Gasteiger partial charge in [-0.1, -0.05) is 64.5 Å². The molecular formula is C18H16BrN. The topological polar surface area (TPSA) is 12.0 Å². The highest BCUT2D eigenvalue weighted by atomic mass is 79.9. The highest BCUT2D eigenvalue weighted by Gasteiger charge is 2.38. The molecule has 0 unspecified atom stereocenters. The zero-order valence-electron chi connectivity index (χ0n) is 11.1. The van der Waals surface area contributed by atoms with Crippen LogP contribution in [0.15, 0.2) is 65.2 Å². The molecule has 0 bridgehead atoms. The summed E-state index contributed by atoms with van der Waals surface area (Å²) in [6.07, 6.45) is 5.87. The fraction of sp³-hybridized carbons (Fsp3) is 0.222. The highest BCUT2D eigenvalue weighted by Crippen LogP contribution is 2.50. The Hall–Kier alpha value is -1.54. The number of halogens is 1. The number of nitrogens with one attached hydrogen (secondary N) is 1. The summed E-state index contributed by atoms with van der Waals surface area (Å²) in [6, 6.07) is 17.6. The summed E-state index contributed by atoms with van der Waals surface area (Å²) in [5.41, 5.74) is 4.08. The Morgan fingerprint density at radius 1 is 0.950 bits per heavy atom. The molecule has 2 aliphatic rings. The van der Waals surface area contributed by atoms with E-state index in [2.05, 4.69) is 81.9 Å². The van der Waals surface area contributed by atoms with Crippen molar-refractivity contribution in [2.24, 2.45) is 5.92 Å². The van der Waals surface area contributed by atoms with Crippen LogP contribution in [-0.2, 0) is 0 Å². The Balaban J connectivity index is 1.82. The molecule has 0 saturated carbocycles. The van der Waals surface area contributed by atoms with Crippen LogP contribution in [-0.4, -0.2) is 0 Å². The van der Waals surface area contributed by atoms with Crippen molar-refractivity contribution in [1.82, 2.24) is 0 Å². The molecule has 2 heteroatoms. The molecule has 0 radical (unpaired) electrons. The molecule has 2 aromatic carbocycles. The van der Waals surface area contributed by atoms with Crippen molar-refractivity contribution in [3.63, 3.8) is 0 Å². The normalized spacial score (nSPS) is 26.8. The quantitative estimate of drug-likeness (QED) is 0.704. The fourth-order valence-electron chi connectivity index (χ4n) is 3.58. The van der Waals surface area contributed by atoms with Crippen LogP contribution in [0.25, 0.3) is 0 Å². The van der Waals surface area contributed by atoms with Crippen LogP contribution in [0, 0.1) is 5.92 Å². The summed E-state index contributed by atoms with van der Waals surface area (Å²) in [5.74, 6) is 1.16. The van der Waals surface area contributed by atoms with Crippen LogP contribution in [0.4, 0.5) is 5.69 Å². The van der Waals surface area contributed by atoms with E-state index in [0.29, 0.717) is 17.9 Å². The minimum absolute atomic E-state index is 0.375. The van der Waals surface area contributed by atoms with Crippen molar-refractivity contribution in [1.29, 1.82) is 0 Å². The first-order valence-electron chi connectivity index (χ1n) is 7.11. The summed E-state index contributed by atoms with van der Waals surface area (Å²) in [7, 11) is 0. The van der Waals surface area contributed by atoms with Crippen LogP contribution < -0.4 is 5.32 Å². The lowest BCUT2D eigenvalue weighted by Crippen LogP contribution is -2.29. The van der Waals surface area contributed by atoms with E-state index in [4.69, 9.17) is 0 Å². The second-order valence-electron chi connectivity index (χ2n) is 5.58. The highest BCUT2D eigenvalue weighted by molar-refractivity contribution is 9.10. The Bertz CT molecular complexity index is 677. The van der Waals surface area contributed by atoms with Crippen molar-refractivity contribution in [2.45, 2.75) is 18.4 Å². The number of benzene rings is 2. The van der Waals surface area contributed by atoms with Gasteiger partial charge < -0.3 is 5.32 Å². The SMILES string of the molecule is Brc1ccccc1[C@@H]1Nc2ccccc2[C@H]2C=CC[C@@H]21. The third kappa shape index (κ3) is 1.82. The molecule has 1 heterocycles. The number of hydrogen-bond donors (Lipinski definition) is 1. The second-order valence-corrected chi connectivity index (χ2v) is 6.44. The summed E-state index contributed by atoms with van der Waals surface area (Å²) < 4.78 is 1.20. The number of rotatable bonds is 1. The molecule has 0 saturated heterocycles. The van der Waals surface area contributed by atoms with E-state index in [0.717, 1.165) is 6.42 Å². The van der Waals surface area contributed by atoms with E-state index in [1.165, 1.54) is 21.3 Å². The molecule has 2 aromatic rings. The molecule has 4 rings (SSSR count). The summed E-state index contributed by atoms with van der Waals surface area (Å²) in [6.45, 7) is 0. The Morgan fingerprint density at radius 2 is 1.70 bits per heavy atom. The van der Waals surface area contributed by atoms with E-state index >= 15 is 0 Å². The maximum atomic E-state index is 3.76. The molecule has 0 aromatic heterocycles. The molecule has 0 spiro atoms. The van der Waals surface area contributed by atoms with Gasteiger partial charge >= 0.3 is 0 Å². The van der Waals surface area contributed by atoms with Gasteiger partial charge in [0, 0.05) is 16.1 Å². The van der Waals surface area contributed by atoms with Gasteiger partial charge in [0.1, 0.15) is 0 Å². The predicted octanol–water partition coefficient (Wildman–Crippen LogP) is 5.28. The van der Waals surface area contributed by atoms with Crippen LogP contribution in [0.5, 0.6) is 0 Å². The first-order valence-corrected chi connectivity index (χ1v) is 7.90. The Labute approximate surface area is 127 Å². The number of fused-ring (bicyclic) bond motifs is 3. The van der Waals surface area contributed by atoms with Crippen molar-refractivity contribution < 1.29 is 0 Å². The molecule has 0 fully saturated rings. The van der Waals surface area contributed by atoms with Gasteiger partial charge in [-0.15, -0.1) is 0 Å². The van der Waals surface area contributed by atoms with E-state index in [9.17, 15) is 0 Å². The molecule has 1 nitrogen and oxygen atoms in total. The number of para-hydroxylation sites is 1. The summed E-state index contributed by atoms with van der Waals surface area (Å²) in [4.78, 5) is 0. The predicted molar refractivity (Wildman–Crippen MR) is 86.9 cm³/mol. The lowest BCUT2D eigenvalue weighted by molar-refractivity contribution is 0.424. The lowest BCUT2D eigenvalue weighted by Gasteiger charge is -2.37. The first kappa shape index (κ1) is 12.2. The zero-order valence-corrected chi connectivity index (χ0v) is 12.7. The fourth-order valence-corrected chi connectivity index (χ4v) is 4.11. The third-order valence-corrected chi connectivity index (χ3v) is 5.23. The molecule has 100 valence electrons. The van der Waals surface area contributed by atoms with Crippen molar-refractivity contribution >= 4 is 21.6 Å². The van der Waals surface area contributed by atoms with Crippen LogP contribution >= 0.6 is 15.9 Å². The minimum Gasteiger partial charge on any atom is -0.378 e. The number of allylic oxidation sites excluding steroid dienone is 2. The monoisotopic (exact) mass is 325 g/mol. The van der Waals surface area contributed by atoms with Gasteiger partial charge in [0.05, 0.1) is 6.04 Å². The maximum absolute atomic E-state index is 3.76. The summed E-state index contributed by atoms with van der Waals surface area (Å²) >= 11 is 3.71. The van der Waals surface area contributed by atoms with Gasteiger partial charge in [-0.2, -0.15) is 0 Å². The van der Waals surface area contributed by atoms with E-state index in [-0.39, 0.29) is 0 Å². The standard InChI is InChI=1S/C18H16BrN/c19-16-10-3-1-7-15(16)18-14-9-5-8-12(14)13-6-2-4-11-17(13)20-18/h1-8,10-12,14,18,20H,9H2/t12-,14+,18-/m1/s1. The number of anilines is 1. The van der Waals surface area contributed by atoms with Crippen molar-refractivity contribution in [3.05, 3.63) is 76.3 Å². The maximum Gasteiger partial charge on any atom is 0.0565 e. The Kier molecular flexibility index (Phi) is 2.92. The van der Waals surface area contributed by atoms with Crippen LogP contribution in [0.1, 0.15) is 29.5 Å². The van der Waals surface area contributed by atoms with E-state index < -0.39 is 0 Å². The van der Waals surface area contributed by atoms with E-state index in [1.807, 2.05) is 0 Å². The minimum atomic E-state index is 0.375. The molecular weight excluding hydrogens is 310 g/mol. The largest absolute Gasteiger partial charge is 0.378 e. The van der Waals surface area contributed by atoms with Gasteiger partial charge in [0.15, 0.2) is 0 Å². The van der Waals surface area contributed by atoms with Gasteiger partial charge in [0.2, 0.25) is 0 Å². The molecule has 20 heavy (non-hydrogen) atoms. The number of hydrogen-bond acceptors (Lipinski definition) is 1. The van der Waals surface area contributed by atoms with Gasteiger partial charge in [-0.25, -0.2) is 0 Å². The van der Waals surface area contributed by atoms with Crippen molar-refractivity contribution in [2.75, 3.05) is 5.32 Å². The summed E-state index contributed by atoms with van der Waals surface area (Å²) in [5, 5.41) is 3.76. The zero-order chi connectivity index (χ0) is 13.5. The average molecular weight is 326 g/mol. The molecule has 1 aliphatic carbocycles. The molecule has 1 aliphatic heterocycles. The van der Waals surface area contributed by atoms with Crippen molar-refractivity contribution in [3.8, 4) is 0 Å². The first-order chi connectivity index (χ1) is 9.84. The van der Waals surface area contributed by atoms with Gasteiger partial charge in [0.25, 0.3) is 0 Å². The van der Waals surface area contributed by atoms with Crippen LogP contribution in [0.3, 0.4) is 0 Å². The molecule has 1 N–H and O–H groups in total. The van der Waals surface area contributed by atoms with E-state index in [1.54, 1.807) is 0 Å². The average Bonchev–Trinajstić information content (AvgIpc) is 2.97. The molecule has 0 amide bonds. The van der Waals surface area contributed by atoms with Gasteiger partial charge in [-0.05, 0) is 35.6 Å². The third-order valence-electron chi connectivity index (χ3n) is 4.51. The lowest BCUT2D eigenvalue weighted by atomic mass is 9.77. The second kappa shape index (κ2) is 4.78. The Morgan fingerprint density at radius 3 is 2.55 bits per heavy atom. The molecule has 3 atom stereocenters. The smallest absolute Gasteiger partial charge is 0.0565 e.